The fourth-order valence-electron chi connectivity index (χ4n) is 2.32. The largest absolute Gasteiger partial charge is 0.399 e. The number of benzene rings is 1. The number of hydrogen-bond donors (Lipinski definition) is 1. The first kappa shape index (κ1) is 10.3. The van der Waals surface area contributed by atoms with Gasteiger partial charge >= 0.3 is 0 Å². The number of hydrogen-bond acceptors (Lipinski definition) is 2. The van der Waals surface area contributed by atoms with Crippen molar-refractivity contribution in [1.29, 1.82) is 0 Å². The van der Waals surface area contributed by atoms with Gasteiger partial charge in [-0.1, -0.05) is 13.8 Å². The molecule has 1 fully saturated rings. The van der Waals surface area contributed by atoms with Gasteiger partial charge in [0, 0.05) is 24.5 Å². The van der Waals surface area contributed by atoms with E-state index in [4.69, 9.17) is 5.73 Å². The highest BCUT2D eigenvalue weighted by Crippen LogP contribution is 2.36. The second kappa shape index (κ2) is 3.16. The molecule has 1 aliphatic heterocycles. The first-order valence-corrected chi connectivity index (χ1v) is 5.51. The van der Waals surface area contributed by atoms with E-state index >= 15 is 0 Å². The molecule has 1 heterocycles. The maximum Gasteiger partial charge on any atom is 0.0400 e. The molecular weight excluding hydrogens is 184 g/mol. The maximum absolute atomic E-state index is 5.88. The van der Waals surface area contributed by atoms with Crippen molar-refractivity contribution in [2.45, 2.75) is 27.7 Å². The average molecular weight is 204 g/mol. The van der Waals surface area contributed by atoms with E-state index in [1.807, 2.05) is 0 Å². The van der Waals surface area contributed by atoms with Crippen molar-refractivity contribution in [3.63, 3.8) is 0 Å². The van der Waals surface area contributed by atoms with Crippen molar-refractivity contribution in [3.05, 3.63) is 23.3 Å². The van der Waals surface area contributed by atoms with Crippen LogP contribution in [-0.2, 0) is 0 Å². The Morgan fingerprint density at radius 3 is 2.27 bits per heavy atom. The monoisotopic (exact) mass is 204 g/mol. The minimum absolute atomic E-state index is 0.474. The SMILES string of the molecule is Cc1cc(N2CC(C)(C)C2)c(C)cc1N. The molecule has 2 rings (SSSR count). The molecular formula is C13H20N2. The second-order valence-electron chi connectivity index (χ2n) is 5.52. The summed E-state index contributed by atoms with van der Waals surface area (Å²) in [7, 11) is 0. The van der Waals surface area contributed by atoms with Crippen LogP contribution in [0.3, 0.4) is 0 Å². The number of aryl methyl sites for hydroxylation is 2. The van der Waals surface area contributed by atoms with Gasteiger partial charge in [0.1, 0.15) is 0 Å². The fourth-order valence-corrected chi connectivity index (χ4v) is 2.32. The third kappa shape index (κ3) is 1.81. The number of nitrogens with two attached hydrogens (primary N) is 1. The van der Waals surface area contributed by atoms with Crippen LogP contribution in [0.4, 0.5) is 11.4 Å². The lowest BCUT2D eigenvalue weighted by Crippen LogP contribution is -2.53. The summed E-state index contributed by atoms with van der Waals surface area (Å²) in [6.07, 6.45) is 0. The Balaban J connectivity index is 2.27. The van der Waals surface area contributed by atoms with Gasteiger partial charge in [-0.3, -0.25) is 0 Å². The lowest BCUT2D eigenvalue weighted by Gasteiger charge is -2.48. The summed E-state index contributed by atoms with van der Waals surface area (Å²) in [6, 6.07) is 4.29. The van der Waals surface area contributed by atoms with E-state index < -0.39 is 0 Å². The normalized spacial score (nSPS) is 18.8. The Morgan fingerprint density at radius 1 is 1.13 bits per heavy atom. The van der Waals surface area contributed by atoms with Gasteiger partial charge in [-0.15, -0.1) is 0 Å². The topological polar surface area (TPSA) is 29.3 Å². The van der Waals surface area contributed by atoms with Crippen LogP contribution >= 0.6 is 0 Å². The van der Waals surface area contributed by atoms with E-state index in [9.17, 15) is 0 Å². The molecule has 0 unspecified atom stereocenters. The van der Waals surface area contributed by atoms with Crippen LogP contribution < -0.4 is 10.6 Å². The zero-order chi connectivity index (χ0) is 11.2. The molecule has 1 aliphatic rings. The molecule has 0 amide bonds. The fraction of sp³-hybridized carbons (Fsp3) is 0.538. The van der Waals surface area contributed by atoms with Crippen LogP contribution in [0.1, 0.15) is 25.0 Å². The first-order chi connectivity index (χ1) is 6.89. The zero-order valence-corrected chi connectivity index (χ0v) is 10.1. The van der Waals surface area contributed by atoms with Crippen molar-refractivity contribution in [3.8, 4) is 0 Å². The van der Waals surface area contributed by atoms with E-state index in [0.717, 1.165) is 18.8 Å². The van der Waals surface area contributed by atoms with Gasteiger partial charge in [-0.2, -0.15) is 0 Å². The molecule has 1 aromatic rings. The Morgan fingerprint density at radius 2 is 1.73 bits per heavy atom. The van der Waals surface area contributed by atoms with Crippen LogP contribution in [-0.4, -0.2) is 13.1 Å². The number of rotatable bonds is 1. The van der Waals surface area contributed by atoms with Crippen LogP contribution in [0.15, 0.2) is 12.1 Å². The van der Waals surface area contributed by atoms with Gasteiger partial charge < -0.3 is 10.6 Å². The summed E-state index contributed by atoms with van der Waals surface area (Å²) in [6.45, 7) is 11.1. The molecule has 2 heteroatoms. The van der Waals surface area contributed by atoms with Gasteiger partial charge in [0.25, 0.3) is 0 Å². The first-order valence-electron chi connectivity index (χ1n) is 5.51. The standard InChI is InChI=1S/C13H20N2/c1-9-6-12(10(2)5-11(9)14)15-7-13(3,4)8-15/h5-6H,7-8,14H2,1-4H3. The minimum Gasteiger partial charge on any atom is -0.399 e. The summed E-state index contributed by atoms with van der Waals surface area (Å²) in [5.74, 6) is 0. The highest BCUT2D eigenvalue weighted by atomic mass is 15.2. The molecule has 2 N–H and O–H groups in total. The number of anilines is 2. The third-order valence-electron chi connectivity index (χ3n) is 3.16. The van der Waals surface area contributed by atoms with Gasteiger partial charge in [-0.25, -0.2) is 0 Å². The maximum atomic E-state index is 5.88. The van der Waals surface area contributed by atoms with Crippen molar-refractivity contribution >= 4 is 11.4 Å². The number of nitrogen functional groups attached to an aromatic ring is 1. The summed E-state index contributed by atoms with van der Waals surface area (Å²) < 4.78 is 0. The molecule has 0 aromatic heterocycles. The minimum atomic E-state index is 0.474. The second-order valence-corrected chi connectivity index (χ2v) is 5.52. The lowest BCUT2D eigenvalue weighted by molar-refractivity contribution is 0.276. The van der Waals surface area contributed by atoms with Gasteiger partial charge in [0.15, 0.2) is 0 Å². The van der Waals surface area contributed by atoms with Crippen molar-refractivity contribution < 1.29 is 0 Å². The Hall–Kier alpha value is -1.18. The van der Waals surface area contributed by atoms with Crippen molar-refractivity contribution in [2.75, 3.05) is 23.7 Å². The average Bonchev–Trinajstić information content (AvgIpc) is 2.07. The molecule has 0 spiro atoms. The summed E-state index contributed by atoms with van der Waals surface area (Å²) >= 11 is 0. The van der Waals surface area contributed by atoms with E-state index in [0.29, 0.717) is 5.41 Å². The van der Waals surface area contributed by atoms with Gasteiger partial charge in [0.2, 0.25) is 0 Å². The smallest absolute Gasteiger partial charge is 0.0400 e. The molecule has 82 valence electrons. The summed E-state index contributed by atoms with van der Waals surface area (Å²) in [4.78, 5) is 2.43. The highest BCUT2D eigenvalue weighted by Gasteiger charge is 2.34. The molecule has 0 aliphatic carbocycles. The van der Waals surface area contributed by atoms with Gasteiger partial charge in [-0.05, 0) is 42.5 Å². The Bertz CT molecular complexity index is 386. The molecule has 0 atom stereocenters. The van der Waals surface area contributed by atoms with Gasteiger partial charge in [0.05, 0.1) is 0 Å². The molecule has 15 heavy (non-hydrogen) atoms. The van der Waals surface area contributed by atoms with E-state index in [2.05, 4.69) is 44.7 Å². The lowest BCUT2D eigenvalue weighted by atomic mass is 9.83. The summed E-state index contributed by atoms with van der Waals surface area (Å²) in [5.41, 5.74) is 11.1. The molecule has 2 nitrogen and oxygen atoms in total. The molecule has 0 bridgehead atoms. The van der Waals surface area contributed by atoms with Crippen LogP contribution in [0.2, 0.25) is 0 Å². The molecule has 1 aromatic carbocycles. The third-order valence-corrected chi connectivity index (χ3v) is 3.16. The van der Waals surface area contributed by atoms with E-state index in [1.165, 1.54) is 16.8 Å². The summed E-state index contributed by atoms with van der Waals surface area (Å²) in [5, 5.41) is 0. The van der Waals surface area contributed by atoms with E-state index in [1.54, 1.807) is 0 Å². The molecule has 0 saturated carbocycles. The van der Waals surface area contributed by atoms with Crippen LogP contribution in [0, 0.1) is 19.3 Å². The molecule has 0 radical (unpaired) electrons. The Labute approximate surface area is 92.1 Å². The van der Waals surface area contributed by atoms with Crippen molar-refractivity contribution in [1.82, 2.24) is 0 Å². The van der Waals surface area contributed by atoms with Crippen molar-refractivity contribution in [2.24, 2.45) is 5.41 Å². The van der Waals surface area contributed by atoms with Crippen LogP contribution in [0.5, 0.6) is 0 Å². The predicted octanol–water partition coefficient (Wildman–Crippen LogP) is 2.73. The quantitative estimate of drug-likeness (QED) is 0.713. The van der Waals surface area contributed by atoms with Crippen LogP contribution in [0.25, 0.3) is 0 Å². The highest BCUT2D eigenvalue weighted by molar-refractivity contribution is 5.64. The van der Waals surface area contributed by atoms with E-state index in [-0.39, 0.29) is 0 Å². The zero-order valence-electron chi connectivity index (χ0n) is 10.1. The molecule has 1 saturated heterocycles. The Kier molecular flexibility index (Phi) is 2.18. The predicted molar refractivity (Wildman–Crippen MR) is 66.3 cm³/mol. The number of nitrogens with zero attached hydrogens (tertiary/aromatic N) is 1.